The number of hydrogen-bond donors (Lipinski definition) is 3. The van der Waals surface area contributed by atoms with Gasteiger partial charge >= 0.3 is 0 Å². The fourth-order valence-electron chi connectivity index (χ4n) is 3.73. The normalized spacial score (nSPS) is 12.0. The van der Waals surface area contributed by atoms with Crippen LogP contribution in [0.1, 0.15) is 15.9 Å². The van der Waals surface area contributed by atoms with E-state index in [9.17, 15) is 9.59 Å². The molecule has 0 bridgehead atoms. The molecule has 33 heavy (non-hydrogen) atoms. The summed E-state index contributed by atoms with van der Waals surface area (Å²) in [6.45, 7) is 0. The fraction of sp³-hybridized carbons (Fsp3) is 0.0800. The van der Waals surface area contributed by atoms with E-state index in [4.69, 9.17) is 11.6 Å². The number of carbonyl (C=O) groups excluding carboxylic acids is 2. The quantitative estimate of drug-likeness (QED) is 0.307. The summed E-state index contributed by atoms with van der Waals surface area (Å²) in [6, 6.07) is 21.4. The molecule has 0 fully saturated rings. The minimum Gasteiger partial charge on any atom is -0.361 e. The number of nitrogens with one attached hydrogen (secondary N) is 3. The van der Waals surface area contributed by atoms with E-state index in [1.807, 2.05) is 54.7 Å². The molecule has 0 saturated carbocycles. The minimum absolute atomic E-state index is 0.303. The monoisotopic (exact) mass is 474 g/mol. The molecule has 2 amide bonds. The van der Waals surface area contributed by atoms with E-state index in [1.165, 1.54) is 11.3 Å². The van der Waals surface area contributed by atoms with Crippen LogP contribution in [0.3, 0.4) is 0 Å². The molecular weight excluding hydrogens is 456 g/mol. The zero-order valence-electron chi connectivity index (χ0n) is 17.3. The van der Waals surface area contributed by atoms with E-state index >= 15 is 0 Å². The number of fused-ring (bicyclic) bond motifs is 2. The van der Waals surface area contributed by atoms with Crippen molar-refractivity contribution < 1.29 is 9.59 Å². The Morgan fingerprint density at radius 3 is 2.61 bits per heavy atom. The van der Waals surface area contributed by atoms with Crippen LogP contribution in [0, 0.1) is 0 Å². The van der Waals surface area contributed by atoms with Crippen molar-refractivity contribution >= 4 is 61.0 Å². The standard InChI is InChI=1S/C25H19ClN4O2S/c26-18-9-3-1-8-17(18)23(31)28-21(13-15-14-27-19-10-4-2-7-16(15)19)24(32)30-25-29-20-11-5-6-12-22(20)33-25/h1-12,14,21,27H,13H2,(H,28,31)(H,29,30,32). The van der Waals surface area contributed by atoms with Gasteiger partial charge in [-0.05, 0) is 35.9 Å². The topological polar surface area (TPSA) is 86.9 Å². The van der Waals surface area contributed by atoms with Crippen LogP contribution in [0.25, 0.3) is 21.1 Å². The summed E-state index contributed by atoms with van der Waals surface area (Å²) in [5.41, 5.74) is 3.02. The van der Waals surface area contributed by atoms with Crippen molar-refractivity contribution in [3.05, 3.63) is 95.1 Å². The Labute approximate surface area is 198 Å². The Kier molecular flexibility index (Phi) is 5.81. The molecule has 0 spiro atoms. The highest BCUT2D eigenvalue weighted by Gasteiger charge is 2.25. The van der Waals surface area contributed by atoms with Gasteiger partial charge in [0.2, 0.25) is 5.91 Å². The first-order chi connectivity index (χ1) is 16.1. The van der Waals surface area contributed by atoms with Crippen molar-refractivity contribution in [1.29, 1.82) is 0 Å². The molecule has 6 nitrogen and oxygen atoms in total. The fourth-order valence-corrected chi connectivity index (χ4v) is 4.82. The number of thiazole rings is 1. The molecule has 5 rings (SSSR count). The number of nitrogens with zero attached hydrogens (tertiary/aromatic N) is 1. The molecule has 0 aliphatic heterocycles. The van der Waals surface area contributed by atoms with E-state index < -0.39 is 11.9 Å². The van der Waals surface area contributed by atoms with Crippen molar-refractivity contribution in [3.8, 4) is 0 Å². The molecule has 0 saturated heterocycles. The number of halogens is 1. The Hall–Kier alpha value is -3.68. The van der Waals surface area contributed by atoms with Crippen LogP contribution in [0.2, 0.25) is 5.02 Å². The van der Waals surface area contributed by atoms with Crippen molar-refractivity contribution in [2.45, 2.75) is 12.5 Å². The zero-order chi connectivity index (χ0) is 22.8. The maximum Gasteiger partial charge on any atom is 0.253 e. The Morgan fingerprint density at radius 1 is 1.00 bits per heavy atom. The predicted octanol–water partition coefficient (Wildman–Crippen LogP) is 5.41. The summed E-state index contributed by atoms with van der Waals surface area (Å²) in [7, 11) is 0. The Bertz CT molecular complexity index is 1440. The Balaban J connectivity index is 1.43. The van der Waals surface area contributed by atoms with E-state index in [0.29, 0.717) is 22.1 Å². The molecule has 2 aromatic heterocycles. The van der Waals surface area contributed by atoms with Gasteiger partial charge in [-0.15, -0.1) is 0 Å². The highest BCUT2D eigenvalue weighted by Crippen LogP contribution is 2.26. The van der Waals surface area contributed by atoms with Gasteiger partial charge in [-0.1, -0.05) is 65.4 Å². The van der Waals surface area contributed by atoms with E-state index in [0.717, 1.165) is 26.7 Å². The van der Waals surface area contributed by atoms with E-state index in [2.05, 4.69) is 20.6 Å². The number of amides is 2. The van der Waals surface area contributed by atoms with Crippen molar-refractivity contribution in [3.63, 3.8) is 0 Å². The van der Waals surface area contributed by atoms with Crippen LogP contribution in [0.15, 0.2) is 79.0 Å². The first-order valence-corrected chi connectivity index (χ1v) is 11.5. The molecule has 0 aliphatic carbocycles. The molecule has 2 heterocycles. The van der Waals surface area contributed by atoms with Crippen LogP contribution < -0.4 is 10.6 Å². The largest absolute Gasteiger partial charge is 0.361 e. The highest BCUT2D eigenvalue weighted by molar-refractivity contribution is 7.22. The van der Waals surface area contributed by atoms with E-state index in [-0.39, 0.29) is 5.91 Å². The minimum atomic E-state index is -0.833. The highest BCUT2D eigenvalue weighted by atomic mass is 35.5. The molecule has 0 radical (unpaired) electrons. The van der Waals surface area contributed by atoms with Gasteiger partial charge in [0, 0.05) is 23.5 Å². The number of aromatic nitrogens is 2. The second-order valence-corrected chi connectivity index (χ2v) is 8.98. The number of hydrogen-bond acceptors (Lipinski definition) is 4. The van der Waals surface area contributed by atoms with Crippen LogP contribution >= 0.6 is 22.9 Å². The van der Waals surface area contributed by atoms with Gasteiger partial charge in [-0.2, -0.15) is 0 Å². The summed E-state index contributed by atoms with van der Waals surface area (Å²) in [5.74, 6) is -0.760. The van der Waals surface area contributed by atoms with Crippen LogP contribution in [0.4, 0.5) is 5.13 Å². The lowest BCUT2D eigenvalue weighted by atomic mass is 10.0. The smallest absolute Gasteiger partial charge is 0.253 e. The SMILES string of the molecule is O=C(NC(Cc1c[nH]c2ccccc12)C(=O)Nc1nc2ccccc2s1)c1ccccc1Cl. The second-order valence-electron chi connectivity index (χ2n) is 7.55. The molecule has 0 aliphatic rings. The van der Waals surface area contributed by atoms with Crippen LogP contribution in [0.5, 0.6) is 0 Å². The first kappa shape index (κ1) is 21.2. The van der Waals surface area contributed by atoms with Crippen LogP contribution in [-0.2, 0) is 11.2 Å². The Morgan fingerprint density at radius 2 is 1.76 bits per heavy atom. The predicted molar refractivity (Wildman–Crippen MR) is 133 cm³/mol. The molecule has 3 aromatic carbocycles. The lowest BCUT2D eigenvalue weighted by Gasteiger charge is -2.18. The first-order valence-electron chi connectivity index (χ1n) is 10.4. The third kappa shape index (κ3) is 4.46. The van der Waals surface area contributed by atoms with Crippen molar-refractivity contribution in [1.82, 2.24) is 15.3 Å². The summed E-state index contributed by atoms with van der Waals surface area (Å²) in [4.78, 5) is 34.0. The molecule has 5 aromatic rings. The molecular formula is C25H19ClN4O2S. The molecule has 8 heteroatoms. The van der Waals surface area contributed by atoms with Gasteiger partial charge in [0.1, 0.15) is 6.04 Å². The average molecular weight is 475 g/mol. The third-order valence-corrected chi connectivity index (χ3v) is 6.64. The summed E-state index contributed by atoms with van der Waals surface area (Å²) < 4.78 is 0.973. The number of rotatable bonds is 6. The maximum absolute atomic E-state index is 13.3. The van der Waals surface area contributed by atoms with Crippen molar-refractivity contribution in [2.75, 3.05) is 5.32 Å². The van der Waals surface area contributed by atoms with Gasteiger partial charge < -0.3 is 15.6 Å². The third-order valence-electron chi connectivity index (χ3n) is 5.36. The van der Waals surface area contributed by atoms with Gasteiger partial charge in [-0.3, -0.25) is 9.59 Å². The zero-order valence-corrected chi connectivity index (χ0v) is 18.9. The summed E-state index contributed by atoms with van der Waals surface area (Å²) in [5, 5.41) is 7.54. The molecule has 3 N–H and O–H groups in total. The number of aromatic amines is 1. The van der Waals surface area contributed by atoms with Crippen molar-refractivity contribution in [2.24, 2.45) is 0 Å². The van der Waals surface area contributed by atoms with Crippen LogP contribution in [-0.4, -0.2) is 27.8 Å². The summed E-state index contributed by atoms with van der Waals surface area (Å²) in [6.07, 6.45) is 2.17. The number of para-hydroxylation sites is 2. The second kappa shape index (κ2) is 9.05. The van der Waals surface area contributed by atoms with Gasteiger partial charge in [0.05, 0.1) is 20.8 Å². The molecule has 1 unspecified atom stereocenters. The number of carbonyl (C=O) groups is 2. The summed E-state index contributed by atoms with van der Waals surface area (Å²) >= 11 is 7.59. The number of benzene rings is 3. The average Bonchev–Trinajstić information content (AvgIpc) is 3.42. The number of H-pyrrole nitrogens is 1. The lowest BCUT2D eigenvalue weighted by Crippen LogP contribution is -2.45. The maximum atomic E-state index is 13.3. The molecule has 1 atom stereocenters. The van der Waals surface area contributed by atoms with Gasteiger partial charge in [-0.25, -0.2) is 4.98 Å². The van der Waals surface area contributed by atoms with Gasteiger partial charge in [0.15, 0.2) is 5.13 Å². The van der Waals surface area contributed by atoms with E-state index in [1.54, 1.807) is 24.3 Å². The molecule has 164 valence electrons. The lowest BCUT2D eigenvalue weighted by molar-refractivity contribution is -0.118. The number of anilines is 1. The van der Waals surface area contributed by atoms with Gasteiger partial charge in [0.25, 0.3) is 5.91 Å².